The first-order chi connectivity index (χ1) is 19.7. The summed E-state index contributed by atoms with van der Waals surface area (Å²) in [5.74, 6) is 0.229. The average molecular weight is 556 g/mol. The van der Waals surface area contributed by atoms with E-state index in [0.29, 0.717) is 30.3 Å². The minimum atomic E-state index is -0.550. The standard InChI is InChI=1S/C31H37N7O3/c1-31(2,3)41-30(40)35-23-10-7-13-37(19-23)27-24(21-11-12-21)15-32-28-26(27)25(16-33-28)36-29(39)22-14-34-38(18-22)17-20-8-5-4-6-9-20/h4-6,8-9,14-16,18,21,23H,7,10-13,17,19H2,1-3H3,(H,32,33)(H,35,40)(H,36,39)/t23-/m1/s1. The number of fused-ring (bicyclic) bond motifs is 1. The molecule has 1 aromatic carbocycles. The number of hydrogen-bond donors (Lipinski definition) is 3. The van der Waals surface area contributed by atoms with Crippen molar-refractivity contribution in [2.45, 2.75) is 70.6 Å². The minimum Gasteiger partial charge on any atom is -0.444 e. The maximum atomic E-state index is 13.4. The lowest BCUT2D eigenvalue weighted by Crippen LogP contribution is -2.49. The zero-order valence-electron chi connectivity index (χ0n) is 23.8. The molecule has 2 fully saturated rings. The highest BCUT2D eigenvalue weighted by atomic mass is 16.6. The Morgan fingerprint density at radius 1 is 1.12 bits per heavy atom. The number of H-pyrrole nitrogens is 1. The predicted octanol–water partition coefficient (Wildman–Crippen LogP) is 5.43. The van der Waals surface area contributed by atoms with Crippen molar-refractivity contribution < 1.29 is 14.3 Å². The molecule has 4 aromatic rings. The zero-order valence-corrected chi connectivity index (χ0v) is 23.8. The molecule has 10 nitrogen and oxygen atoms in total. The van der Waals surface area contributed by atoms with Crippen LogP contribution in [0.15, 0.2) is 55.1 Å². The van der Waals surface area contributed by atoms with Gasteiger partial charge in [0.05, 0.1) is 35.1 Å². The van der Waals surface area contributed by atoms with Crippen LogP contribution < -0.4 is 15.5 Å². The van der Waals surface area contributed by atoms with Crippen LogP contribution in [0.1, 0.15) is 73.9 Å². The van der Waals surface area contributed by atoms with Crippen LogP contribution in [0.5, 0.6) is 0 Å². The van der Waals surface area contributed by atoms with Crippen LogP contribution in [0.4, 0.5) is 16.2 Å². The maximum absolute atomic E-state index is 13.4. The van der Waals surface area contributed by atoms with Crippen molar-refractivity contribution in [2.75, 3.05) is 23.3 Å². The highest BCUT2D eigenvalue weighted by Gasteiger charge is 2.33. The van der Waals surface area contributed by atoms with Gasteiger partial charge in [0.2, 0.25) is 0 Å². The van der Waals surface area contributed by atoms with E-state index in [1.54, 1.807) is 17.1 Å². The number of aromatic amines is 1. The van der Waals surface area contributed by atoms with Crippen LogP contribution in [-0.4, -0.2) is 56.5 Å². The monoisotopic (exact) mass is 555 g/mol. The second-order valence-corrected chi connectivity index (χ2v) is 12.1. The van der Waals surface area contributed by atoms with Crippen LogP contribution >= 0.6 is 0 Å². The number of aromatic nitrogens is 4. The quantitative estimate of drug-likeness (QED) is 0.280. The molecular formula is C31H37N7O3. The van der Waals surface area contributed by atoms with E-state index in [1.165, 1.54) is 5.56 Å². The third-order valence-corrected chi connectivity index (χ3v) is 7.51. The Kier molecular flexibility index (Phi) is 7.15. The molecule has 0 radical (unpaired) electrons. The molecule has 2 aliphatic rings. The molecule has 1 aliphatic heterocycles. The number of nitrogens with one attached hydrogen (secondary N) is 3. The topological polar surface area (TPSA) is 117 Å². The second-order valence-electron chi connectivity index (χ2n) is 12.1. The number of anilines is 2. The van der Waals surface area contributed by atoms with E-state index in [-0.39, 0.29) is 11.9 Å². The van der Waals surface area contributed by atoms with Gasteiger partial charge in [0.1, 0.15) is 11.2 Å². The molecule has 0 bridgehead atoms. The van der Waals surface area contributed by atoms with Crippen molar-refractivity contribution in [3.8, 4) is 0 Å². The lowest BCUT2D eigenvalue weighted by molar-refractivity contribution is 0.0500. The van der Waals surface area contributed by atoms with Gasteiger partial charge in [-0.3, -0.25) is 9.48 Å². The fraction of sp³-hybridized carbons (Fsp3) is 0.419. The maximum Gasteiger partial charge on any atom is 0.407 e. The van der Waals surface area contributed by atoms with E-state index in [1.807, 2.05) is 63.5 Å². The molecule has 1 atom stereocenters. The summed E-state index contributed by atoms with van der Waals surface area (Å²) in [6.45, 7) is 7.70. The highest BCUT2D eigenvalue weighted by molar-refractivity contribution is 6.11. The van der Waals surface area contributed by atoms with Crippen molar-refractivity contribution in [1.82, 2.24) is 25.1 Å². The molecule has 1 aliphatic carbocycles. The van der Waals surface area contributed by atoms with Gasteiger partial charge in [-0.2, -0.15) is 5.10 Å². The van der Waals surface area contributed by atoms with Crippen molar-refractivity contribution in [1.29, 1.82) is 0 Å². The Labute approximate surface area is 239 Å². The molecule has 214 valence electrons. The van der Waals surface area contributed by atoms with Gasteiger partial charge in [0.15, 0.2) is 0 Å². The fourth-order valence-electron chi connectivity index (χ4n) is 5.53. The normalized spacial score (nSPS) is 17.4. The van der Waals surface area contributed by atoms with Crippen molar-refractivity contribution >= 4 is 34.4 Å². The number of benzene rings is 1. The summed E-state index contributed by atoms with van der Waals surface area (Å²) in [7, 11) is 0. The number of pyridine rings is 1. The Morgan fingerprint density at radius 3 is 2.68 bits per heavy atom. The molecule has 3 N–H and O–H groups in total. The Balaban J connectivity index is 1.25. The molecule has 0 unspecified atom stereocenters. The Morgan fingerprint density at radius 2 is 1.93 bits per heavy atom. The van der Waals surface area contributed by atoms with Crippen molar-refractivity contribution in [3.05, 3.63) is 71.8 Å². The summed E-state index contributed by atoms with van der Waals surface area (Å²) in [5.41, 5.74) is 4.75. The van der Waals surface area contributed by atoms with E-state index >= 15 is 0 Å². The lowest BCUT2D eigenvalue weighted by atomic mass is 10.0. The van der Waals surface area contributed by atoms with Gasteiger partial charge in [-0.05, 0) is 63.5 Å². The first kappa shape index (κ1) is 26.9. The van der Waals surface area contributed by atoms with Gasteiger partial charge in [0.25, 0.3) is 5.91 Å². The van der Waals surface area contributed by atoms with E-state index in [4.69, 9.17) is 9.72 Å². The summed E-state index contributed by atoms with van der Waals surface area (Å²) in [6.07, 6.45) is 10.8. The molecular weight excluding hydrogens is 518 g/mol. The molecule has 1 saturated carbocycles. The highest BCUT2D eigenvalue weighted by Crippen LogP contribution is 2.48. The molecule has 4 heterocycles. The average Bonchev–Trinajstić information content (AvgIpc) is 3.54. The molecule has 6 rings (SSSR count). The van der Waals surface area contributed by atoms with Gasteiger partial charge in [-0.25, -0.2) is 9.78 Å². The van der Waals surface area contributed by atoms with Crippen LogP contribution in [0.3, 0.4) is 0 Å². The lowest BCUT2D eigenvalue weighted by Gasteiger charge is -2.36. The first-order valence-corrected chi connectivity index (χ1v) is 14.4. The number of hydrogen-bond acceptors (Lipinski definition) is 6. The minimum absolute atomic E-state index is 0.0405. The SMILES string of the molecule is CC(C)(C)OC(=O)N[C@@H]1CCCN(c2c(C3CC3)cnc3[nH]cc(NC(=O)c4cnn(Cc5ccccc5)c4)c23)C1. The summed E-state index contributed by atoms with van der Waals surface area (Å²) in [4.78, 5) is 36.2. The van der Waals surface area contributed by atoms with Gasteiger partial charge in [-0.1, -0.05) is 30.3 Å². The largest absolute Gasteiger partial charge is 0.444 e. The van der Waals surface area contributed by atoms with E-state index in [2.05, 4.69) is 25.6 Å². The number of rotatable bonds is 7. The smallest absolute Gasteiger partial charge is 0.407 e. The molecule has 3 aromatic heterocycles. The first-order valence-electron chi connectivity index (χ1n) is 14.4. The Bertz CT molecular complexity index is 1550. The van der Waals surface area contributed by atoms with Crippen molar-refractivity contribution in [2.24, 2.45) is 0 Å². The van der Waals surface area contributed by atoms with Crippen LogP contribution in [0, 0.1) is 0 Å². The number of piperidine rings is 1. The number of nitrogens with zero attached hydrogens (tertiary/aromatic N) is 4. The summed E-state index contributed by atoms with van der Waals surface area (Å²) >= 11 is 0. The summed E-state index contributed by atoms with van der Waals surface area (Å²) < 4.78 is 7.28. The van der Waals surface area contributed by atoms with E-state index in [9.17, 15) is 9.59 Å². The zero-order chi connectivity index (χ0) is 28.6. The fourth-order valence-corrected chi connectivity index (χ4v) is 5.53. The van der Waals surface area contributed by atoms with Gasteiger partial charge >= 0.3 is 6.09 Å². The Hall–Kier alpha value is -4.34. The molecule has 1 saturated heterocycles. The van der Waals surface area contributed by atoms with Gasteiger partial charge < -0.3 is 25.3 Å². The number of carbonyl (C=O) groups excluding carboxylic acids is 2. The summed E-state index contributed by atoms with van der Waals surface area (Å²) in [6, 6.07) is 9.99. The van der Waals surface area contributed by atoms with Crippen molar-refractivity contribution in [3.63, 3.8) is 0 Å². The molecule has 2 amide bonds. The second kappa shape index (κ2) is 10.9. The van der Waals surface area contributed by atoms with Crippen LogP contribution in [0.25, 0.3) is 11.0 Å². The molecule has 41 heavy (non-hydrogen) atoms. The van der Waals surface area contributed by atoms with Crippen LogP contribution in [-0.2, 0) is 11.3 Å². The number of amides is 2. The predicted molar refractivity (Wildman–Crippen MR) is 158 cm³/mol. The van der Waals surface area contributed by atoms with Gasteiger partial charge in [0, 0.05) is 37.7 Å². The third kappa shape index (κ3) is 6.21. The van der Waals surface area contributed by atoms with Gasteiger partial charge in [-0.15, -0.1) is 0 Å². The summed E-state index contributed by atoms with van der Waals surface area (Å²) in [5, 5.41) is 11.5. The number of ether oxygens (including phenoxy) is 1. The van der Waals surface area contributed by atoms with E-state index in [0.717, 1.165) is 54.5 Å². The van der Waals surface area contributed by atoms with Crippen LogP contribution in [0.2, 0.25) is 0 Å². The number of carbonyl (C=O) groups is 2. The molecule has 0 spiro atoms. The third-order valence-electron chi connectivity index (χ3n) is 7.51. The van der Waals surface area contributed by atoms with E-state index < -0.39 is 11.7 Å². The number of alkyl carbamates (subject to hydrolysis) is 1. The molecule has 10 heteroatoms.